The summed E-state index contributed by atoms with van der Waals surface area (Å²) in [6.45, 7) is 6.91. The molecule has 1 aromatic carbocycles. The molecule has 11 heteroatoms. The molecule has 1 amide bonds. The molecule has 1 fully saturated rings. The maximum Gasteiger partial charge on any atom is 0.410 e. The van der Waals surface area contributed by atoms with Crippen LogP contribution in [0.4, 0.5) is 4.79 Å². The lowest BCUT2D eigenvalue weighted by molar-refractivity contribution is 0.0184. The maximum absolute atomic E-state index is 12.3. The van der Waals surface area contributed by atoms with Gasteiger partial charge in [0, 0.05) is 18.7 Å². The van der Waals surface area contributed by atoms with Crippen LogP contribution >= 0.6 is 0 Å². The van der Waals surface area contributed by atoms with Gasteiger partial charge in [-0.3, -0.25) is 4.68 Å². The third-order valence-electron chi connectivity index (χ3n) is 5.28. The molecule has 0 spiro atoms. The van der Waals surface area contributed by atoms with Crippen molar-refractivity contribution in [3.8, 4) is 17.5 Å². The van der Waals surface area contributed by atoms with Crippen molar-refractivity contribution in [1.29, 1.82) is 5.26 Å². The summed E-state index contributed by atoms with van der Waals surface area (Å²) in [5, 5.41) is 25.3. The quantitative estimate of drug-likeness (QED) is 0.581. The SMILES string of the molecule is CC(C)(C)OC(=O)N1CCC(n2ncc(COc3ccc(-n4cnnn4)cc3)c2C#N)CC1. The van der Waals surface area contributed by atoms with Gasteiger partial charge in [-0.25, -0.2) is 9.48 Å². The Morgan fingerprint density at radius 2 is 1.94 bits per heavy atom. The summed E-state index contributed by atoms with van der Waals surface area (Å²) in [5.41, 5.74) is 1.50. The van der Waals surface area contributed by atoms with E-state index in [0.29, 0.717) is 37.4 Å². The van der Waals surface area contributed by atoms with Gasteiger partial charge >= 0.3 is 6.09 Å². The van der Waals surface area contributed by atoms with Crippen LogP contribution in [0, 0.1) is 11.3 Å². The summed E-state index contributed by atoms with van der Waals surface area (Å²) in [6, 6.07) is 9.63. The van der Waals surface area contributed by atoms with Crippen LogP contribution in [0.5, 0.6) is 5.75 Å². The highest BCUT2D eigenvalue weighted by molar-refractivity contribution is 5.68. The molecule has 1 saturated heterocycles. The van der Waals surface area contributed by atoms with Gasteiger partial charge in [0.1, 0.15) is 36.0 Å². The summed E-state index contributed by atoms with van der Waals surface area (Å²) in [6.07, 6.45) is 4.29. The van der Waals surface area contributed by atoms with E-state index in [-0.39, 0.29) is 18.7 Å². The summed E-state index contributed by atoms with van der Waals surface area (Å²) in [7, 11) is 0. The van der Waals surface area contributed by atoms with E-state index in [1.165, 1.54) is 6.33 Å². The van der Waals surface area contributed by atoms with Crippen molar-refractivity contribution in [1.82, 2.24) is 34.9 Å². The largest absolute Gasteiger partial charge is 0.489 e. The number of ether oxygens (including phenoxy) is 2. The molecule has 0 saturated carbocycles. The van der Waals surface area contributed by atoms with Crippen LogP contribution in [0.3, 0.4) is 0 Å². The van der Waals surface area contributed by atoms with E-state index in [1.54, 1.807) is 20.5 Å². The van der Waals surface area contributed by atoms with Crippen LogP contribution in [0.2, 0.25) is 0 Å². The minimum Gasteiger partial charge on any atom is -0.489 e. The zero-order valence-corrected chi connectivity index (χ0v) is 18.9. The average Bonchev–Trinajstić information content (AvgIpc) is 3.47. The Morgan fingerprint density at radius 3 is 2.55 bits per heavy atom. The highest BCUT2D eigenvalue weighted by Crippen LogP contribution is 2.26. The first kappa shape index (κ1) is 22.3. The molecule has 0 aliphatic carbocycles. The number of carbonyl (C=O) groups is 1. The zero-order valence-electron chi connectivity index (χ0n) is 18.9. The van der Waals surface area contributed by atoms with Crippen molar-refractivity contribution >= 4 is 6.09 Å². The highest BCUT2D eigenvalue weighted by Gasteiger charge is 2.29. The van der Waals surface area contributed by atoms with Crippen LogP contribution in [0.1, 0.15) is 50.9 Å². The molecule has 1 aliphatic heterocycles. The van der Waals surface area contributed by atoms with E-state index in [9.17, 15) is 10.1 Å². The Balaban J connectivity index is 1.36. The molecule has 1 aliphatic rings. The minimum absolute atomic E-state index is 0.0441. The van der Waals surface area contributed by atoms with Crippen LogP contribution in [-0.2, 0) is 11.3 Å². The van der Waals surface area contributed by atoms with E-state index in [0.717, 1.165) is 11.3 Å². The van der Waals surface area contributed by atoms with Crippen molar-refractivity contribution in [3.05, 3.63) is 48.0 Å². The van der Waals surface area contributed by atoms with Gasteiger partial charge in [-0.15, -0.1) is 5.10 Å². The Morgan fingerprint density at radius 1 is 1.21 bits per heavy atom. The average molecular weight is 451 g/mol. The molecule has 3 heterocycles. The summed E-state index contributed by atoms with van der Waals surface area (Å²) >= 11 is 0. The predicted octanol–water partition coefficient (Wildman–Crippen LogP) is 2.88. The number of nitrogens with zero attached hydrogens (tertiary/aromatic N) is 8. The topological polar surface area (TPSA) is 124 Å². The third-order valence-corrected chi connectivity index (χ3v) is 5.28. The molecule has 0 bridgehead atoms. The van der Waals surface area contributed by atoms with Gasteiger partial charge in [0.05, 0.1) is 17.9 Å². The number of hydrogen-bond acceptors (Lipinski definition) is 8. The van der Waals surface area contributed by atoms with E-state index >= 15 is 0 Å². The molecule has 172 valence electrons. The molecule has 0 unspecified atom stereocenters. The van der Waals surface area contributed by atoms with Gasteiger partial charge in [-0.05, 0) is 68.3 Å². The number of nitriles is 1. The number of rotatable bonds is 5. The molecule has 11 nitrogen and oxygen atoms in total. The van der Waals surface area contributed by atoms with Gasteiger partial charge in [-0.2, -0.15) is 10.4 Å². The zero-order chi connectivity index (χ0) is 23.4. The molecule has 0 radical (unpaired) electrons. The second-order valence-electron chi connectivity index (χ2n) is 8.81. The summed E-state index contributed by atoms with van der Waals surface area (Å²) < 4.78 is 14.6. The Hall–Kier alpha value is -3.94. The number of likely N-dealkylation sites (tertiary alicyclic amines) is 1. The van der Waals surface area contributed by atoms with E-state index in [2.05, 4.69) is 26.7 Å². The number of tetrazole rings is 1. The van der Waals surface area contributed by atoms with Gasteiger partial charge < -0.3 is 14.4 Å². The standard InChI is InChI=1S/C22H26N8O3/c1-22(2,3)33-21(31)28-10-8-18(9-11-28)30-20(12-23)16(13-25-30)14-32-19-6-4-17(5-7-19)29-15-24-26-27-29/h4-7,13,15,18H,8-11,14H2,1-3H3. The third kappa shape index (κ3) is 5.28. The number of benzene rings is 1. The van der Waals surface area contributed by atoms with Crippen molar-refractivity contribution in [2.45, 2.75) is 51.9 Å². The highest BCUT2D eigenvalue weighted by atomic mass is 16.6. The monoisotopic (exact) mass is 450 g/mol. The number of aromatic nitrogens is 6. The Bertz CT molecular complexity index is 1120. The molecule has 0 atom stereocenters. The molecule has 2 aromatic heterocycles. The number of piperidine rings is 1. The second kappa shape index (κ2) is 9.28. The molecular weight excluding hydrogens is 424 g/mol. The van der Waals surface area contributed by atoms with Crippen molar-refractivity contribution in [3.63, 3.8) is 0 Å². The van der Waals surface area contributed by atoms with Crippen molar-refractivity contribution in [2.75, 3.05) is 13.1 Å². The van der Waals surface area contributed by atoms with Gasteiger partial charge in [0.15, 0.2) is 0 Å². The second-order valence-corrected chi connectivity index (χ2v) is 8.81. The summed E-state index contributed by atoms with van der Waals surface area (Å²) in [4.78, 5) is 14.0. The number of amides is 1. The lowest BCUT2D eigenvalue weighted by atomic mass is 10.1. The fraction of sp³-hybridized carbons (Fsp3) is 0.455. The Labute approximate surface area is 191 Å². The van der Waals surface area contributed by atoms with E-state index in [1.807, 2.05) is 45.0 Å². The normalized spacial score (nSPS) is 14.7. The van der Waals surface area contributed by atoms with Gasteiger partial charge in [0.25, 0.3) is 0 Å². The van der Waals surface area contributed by atoms with Crippen molar-refractivity contribution in [2.24, 2.45) is 0 Å². The van der Waals surface area contributed by atoms with Gasteiger partial charge in [0.2, 0.25) is 0 Å². The predicted molar refractivity (Wildman–Crippen MR) is 117 cm³/mol. The Kier molecular flexibility index (Phi) is 6.26. The van der Waals surface area contributed by atoms with E-state index in [4.69, 9.17) is 9.47 Å². The number of carbonyl (C=O) groups excluding carboxylic acids is 1. The molecule has 33 heavy (non-hydrogen) atoms. The lowest BCUT2D eigenvalue weighted by Crippen LogP contribution is -2.42. The first-order valence-electron chi connectivity index (χ1n) is 10.7. The smallest absolute Gasteiger partial charge is 0.410 e. The fourth-order valence-electron chi connectivity index (χ4n) is 3.66. The van der Waals surface area contributed by atoms with E-state index < -0.39 is 5.60 Å². The fourth-order valence-corrected chi connectivity index (χ4v) is 3.66. The molecule has 4 rings (SSSR count). The summed E-state index contributed by atoms with van der Waals surface area (Å²) in [5.74, 6) is 0.661. The van der Waals surface area contributed by atoms with Gasteiger partial charge in [-0.1, -0.05) is 0 Å². The minimum atomic E-state index is -0.521. The molecular formula is C22H26N8O3. The maximum atomic E-state index is 12.3. The van der Waals surface area contributed by atoms with Crippen molar-refractivity contribution < 1.29 is 14.3 Å². The van der Waals surface area contributed by atoms with Crippen LogP contribution in [-0.4, -0.2) is 59.7 Å². The van der Waals surface area contributed by atoms with Crippen LogP contribution < -0.4 is 4.74 Å². The van der Waals surface area contributed by atoms with Crippen LogP contribution in [0.15, 0.2) is 36.8 Å². The first-order valence-corrected chi connectivity index (χ1v) is 10.7. The number of hydrogen-bond donors (Lipinski definition) is 0. The first-order chi connectivity index (χ1) is 15.8. The van der Waals surface area contributed by atoms with Crippen LogP contribution in [0.25, 0.3) is 5.69 Å². The molecule has 0 N–H and O–H groups in total. The lowest BCUT2D eigenvalue weighted by Gasteiger charge is -2.33. The molecule has 3 aromatic rings.